The van der Waals surface area contributed by atoms with Gasteiger partial charge in [0.2, 0.25) is 11.8 Å². The Hall–Kier alpha value is -1.50. The highest BCUT2D eigenvalue weighted by Crippen LogP contribution is 2.29. The Balaban J connectivity index is 2.46. The maximum absolute atomic E-state index is 13.9. The Kier molecular flexibility index (Phi) is 4.08. The van der Waals surface area contributed by atoms with Crippen molar-refractivity contribution in [3.8, 4) is 0 Å². The lowest BCUT2D eigenvalue weighted by atomic mass is 10.00. The number of rotatable bonds is 2. The lowest BCUT2D eigenvalue weighted by Crippen LogP contribution is -2.60. The van der Waals surface area contributed by atoms with E-state index in [1.165, 1.54) is 0 Å². The van der Waals surface area contributed by atoms with Crippen LogP contribution >= 0.6 is 15.9 Å². The average Bonchev–Trinajstić information content (AvgIpc) is 2.31. The predicted molar refractivity (Wildman–Crippen MR) is 73.2 cm³/mol. The Morgan fingerprint density at radius 3 is 2.35 bits per heavy atom. The van der Waals surface area contributed by atoms with E-state index in [4.69, 9.17) is 0 Å². The van der Waals surface area contributed by atoms with Gasteiger partial charge in [0, 0.05) is 4.47 Å². The molecule has 0 aromatic heterocycles. The molecular weight excluding hydrogens is 334 g/mol. The molecule has 1 saturated heterocycles. The van der Waals surface area contributed by atoms with Crippen molar-refractivity contribution in [3.63, 3.8) is 0 Å². The minimum absolute atomic E-state index is 0.171. The van der Waals surface area contributed by atoms with Gasteiger partial charge in [0.15, 0.2) is 11.6 Å². The van der Waals surface area contributed by atoms with Crippen molar-refractivity contribution in [1.82, 2.24) is 5.32 Å². The van der Waals surface area contributed by atoms with E-state index in [2.05, 4.69) is 21.2 Å². The summed E-state index contributed by atoms with van der Waals surface area (Å²) < 4.78 is 28.1. The summed E-state index contributed by atoms with van der Waals surface area (Å²) >= 11 is 2.97. The van der Waals surface area contributed by atoms with Gasteiger partial charge in [-0.3, -0.25) is 14.5 Å². The molecule has 2 amide bonds. The zero-order valence-electron chi connectivity index (χ0n) is 10.9. The second kappa shape index (κ2) is 5.47. The summed E-state index contributed by atoms with van der Waals surface area (Å²) in [6, 6.07) is 1.34. The molecule has 1 aromatic rings. The molecule has 4 nitrogen and oxygen atoms in total. The molecule has 1 fully saturated rings. The van der Waals surface area contributed by atoms with Crippen LogP contribution in [-0.2, 0) is 9.59 Å². The van der Waals surface area contributed by atoms with E-state index in [-0.39, 0.29) is 10.4 Å². The Morgan fingerprint density at radius 1 is 1.30 bits per heavy atom. The summed E-state index contributed by atoms with van der Waals surface area (Å²) in [5.74, 6) is -2.90. The third kappa shape index (κ3) is 2.67. The fourth-order valence-electron chi connectivity index (χ4n) is 2.10. The molecule has 7 heteroatoms. The van der Waals surface area contributed by atoms with Crippen molar-refractivity contribution >= 4 is 33.4 Å². The van der Waals surface area contributed by atoms with Gasteiger partial charge in [-0.15, -0.1) is 0 Å². The number of piperazine rings is 1. The Labute approximate surface area is 123 Å². The molecular formula is C13H13BrF2N2O2. The number of benzene rings is 1. The highest BCUT2D eigenvalue weighted by Gasteiger charge is 2.37. The van der Waals surface area contributed by atoms with Gasteiger partial charge in [0.05, 0.1) is 0 Å². The molecule has 1 aromatic carbocycles. The number of anilines is 1. The van der Waals surface area contributed by atoms with Gasteiger partial charge < -0.3 is 5.32 Å². The van der Waals surface area contributed by atoms with Crippen LogP contribution in [0.3, 0.4) is 0 Å². The minimum atomic E-state index is -0.887. The first-order valence-corrected chi connectivity index (χ1v) is 6.86. The molecule has 1 aliphatic rings. The monoisotopic (exact) mass is 346 g/mol. The van der Waals surface area contributed by atoms with Crippen molar-refractivity contribution in [1.29, 1.82) is 0 Å². The lowest BCUT2D eigenvalue weighted by molar-refractivity contribution is -0.132. The van der Waals surface area contributed by atoms with Crippen LogP contribution in [0.1, 0.15) is 13.8 Å². The molecule has 0 saturated carbocycles. The van der Waals surface area contributed by atoms with Crippen molar-refractivity contribution in [3.05, 3.63) is 28.2 Å². The predicted octanol–water partition coefficient (Wildman–Crippen LogP) is 2.21. The molecule has 1 unspecified atom stereocenters. The molecule has 0 spiro atoms. The molecule has 0 bridgehead atoms. The quantitative estimate of drug-likeness (QED) is 0.892. The van der Waals surface area contributed by atoms with E-state index in [0.717, 1.165) is 17.0 Å². The first-order valence-electron chi connectivity index (χ1n) is 6.06. The van der Waals surface area contributed by atoms with Crippen molar-refractivity contribution in [2.24, 2.45) is 5.92 Å². The van der Waals surface area contributed by atoms with Crippen LogP contribution in [0.15, 0.2) is 16.6 Å². The smallest absolute Gasteiger partial charge is 0.250 e. The molecule has 2 rings (SSSR count). The topological polar surface area (TPSA) is 49.4 Å². The highest BCUT2D eigenvalue weighted by atomic mass is 79.9. The van der Waals surface area contributed by atoms with Gasteiger partial charge in [-0.2, -0.15) is 0 Å². The molecule has 20 heavy (non-hydrogen) atoms. The minimum Gasteiger partial charge on any atom is -0.342 e. The first-order chi connectivity index (χ1) is 9.31. The van der Waals surface area contributed by atoms with E-state index < -0.39 is 41.7 Å². The van der Waals surface area contributed by atoms with Crippen LogP contribution in [0, 0.1) is 17.6 Å². The van der Waals surface area contributed by atoms with Crippen LogP contribution in [0.2, 0.25) is 0 Å². The zero-order chi connectivity index (χ0) is 15.0. The number of halogens is 3. The van der Waals surface area contributed by atoms with Gasteiger partial charge in [-0.05, 0) is 18.1 Å². The molecule has 108 valence electrons. The summed E-state index contributed by atoms with van der Waals surface area (Å²) in [4.78, 5) is 24.8. The third-order valence-electron chi connectivity index (χ3n) is 3.07. The van der Waals surface area contributed by atoms with E-state index in [9.17, 15) is 18.4 Å². The summed E-state index contributed by atoms with van der Waals surface area (Å²) in [6.45, 7) is 3.11. The van der Waals surface area contributed by atoms with Crippen LogP contribution in [0.25, 0.3) is 0 Å². The number of hydrogen-bond acceptors (Lipinski definition) is 2. The summed E-state index contributed by atoms with van der Waals surface area (Å²) in [6.07, 6.45) is 0. The summed E-state index contributed by atoms with van der Waals surface area (Å²) in [5, 5.41) is 2.53. The SMILES string of the molecule is CC(C)C1NC(=O)CN(c2c(F)cc(Br)cc2F)C1=O. The van der Waals surface area contributed by atoms with Crippen molar-refractivity contribution < 1.29 is 18.4 Å². The molecule has 1 atom stereocenters. The zero-order valence-corrected chi connectivity index (χ0v) is 12.5. The van der Waals surface area contributed by atoms with E-state index >= 15 is 0 Å². The Bertz CT molecular complexity index is 554. The third-order valence-corrected chi connectivity index (χ3v) is 3.53. The second-order valence-corrected chi connectivity index (χ2v) is 5.85. The van der Waals surface area contributed by atoms with Crippen LogP contribution < -0.4 is 10.2 Å². The maximum atomic E-state index is 13.9. The van der Waals surface area contributed by atoms with Crippen LogP contribution in [0.4, 0.5) is 14.5 Å². The lowest BCUT2D eigenvalue weighted by Gasteiger charge is -2.34. The number of hydrogen-bond donors (Lipinski definition) is 1. The average molecular weight is 347 g/mol. The van der Waals surface area contributed by atoms with E-state index in [1.807, 2.05) is 0 Å². The van der Waals surface area contributed by atoms with Gasteiger partial charge in [0.1, 0.15) is 18.3 Å². The van der Waals surface area contributed by atoms with Crippen LogP contribution in [0.5, 0.6) is 0 Å². The number of nitrogens with one attached hydrogen (secondary N) is 1. The van der Waals surface area contributed by atoms with Crippen molar-refractivity contribution in [2.45, 2.75) is 19.9 Å². The number of carbonyl (C=O) groups excluding carboxylic acids is 2. The Morgan fingerprint density at radius 2 is 1.85 bits per heavy atom. The van der Waals surface area contributed by atoms with Crippen molar-refractivity contribution in [2.75, 3.05) is 11.4 Å². The summed E-state index contributed by atoms with van der Waals surface area (Å²) in [5.41, 5.74) is -0.487. The second-order valence-electron chi connectivity index (χ2n) is 4.93. The van der Waals surface area contributed by atoms with Gasteiger partial charge >= 0.3 is 0 Å². The molecule has 1 aliphatic heterocycles. The number of carbonyl (C=O) groups is 2. The normalized spacial score (nSPS) is 19.5. The number of amides is 2. The fourth-order valence-corrected chi connectivity index (χ4v) is 2.51. The molecule has 0 radical (unpaired) electrons. The molecule has 0 aliphatic carbocycles. The molecule has 1 N–H and O–H groups in total. The van der Waals surface area contributed by atoms with Gasteiger partial charge in [-0.1, -0.05) is 29.8 Å². The highest BCUT2D eigenvalue weighted by molar-refractivity contribution is 9.10. The van der Waals surface area contributed by atoms with Gasteiger partial charge in [0.25, 0.3) is 0 Å². The largest absolute Gasteiger partial charge is 0.342 e. The molecule has 1 heterocycles. The maximum Gasteiger partial charge on any atom is 0.250 e. The summed E-state index contributed by atoms with van der Waals surface area (Å²) in [7, 11) is 0. The number of nitrogens with zero attached hydrogens (tertiary/aromatic N) is 1. The fraction of sp³-hybridized carbons (Fsp3) is 0.385. The van der Waals surface area contributed by atoms with Crippen LogP contribution in [-0.4, -0.2) is 24.4 Å². The first kappa shape index (κ1) is 14.9. The van der Waals surface area contributed by atoms with E-state index in [0.29, 0.717) is 0 Å². The van der Waals surface area contributed by atoms with Gasteiger partial charge in [-0.25, -0.2) is 8.78 Å². The van der Waals surface area contributed by atoms with E-state index in [1.54, 1.807) is 13.8 Å². The standard InChI is InChI=1S/C13H13BrF2N2O2/c1-6(2)11-13(20)18(5-10(19)17-11)12-8(15)3-7(14)4-9(12)16/h3-4,6,11H,5H2,1-2H3,(H,17,19).